The summed E-state index contributed by atoms with van der Waals surface area (Å²) >= 11 is 0. The van der Waals surface area contributed by atoms with Crippen molar-refractivity contribution >= 4 is 12.1 Å². The van der Waals surface area contributed by atoms with Gasteiger partial charge in [-0.2, -0.15) is 0 Å². The number of nitrogens with zero attached hydrogens (tertiary/aromatic N) is 2. The molecule has 1 amide bonds. The standard InChI is InChI=1S/C20H26N2O4/c1-2-25-18(23)17-11-16-12-21(14-20(16)9-6-10-22(17)20)19(24)26-13-15-7-4-3-5-8-15/h3-5,7-8,16-17H,2,6,9-14H2,1H3/t16?,17-,20+/m0/s1. The lowest BCUT2D eigenvalue weighted by atomic mass is 9.86. The van der Waals surface area contributed by atoms with Crippen molar-refractivity contribution in [3.63, 3.8) is 0 Å². The maximum atomic E-state index is 12.5. The van der Waals surface area contributed by atoms with Gasteiger partial charge in [0.05, 0.1) is 6.61 Å². The molecule has 1 aromatic carbocycles. The van der Waals surface area contributed by atoms with E-state index in [2.05, 4.69) is 4.90 Å². The normalized spacial score (nSPS) is 30.1. The number of carbonyl (C=O) groups excluding carboxylic acids is 2. The van der Waals surface area contributed by atoms with Crippen molar-refractivity contribution in [3.8, 4) is 0 Å². The summed E-state index contributed by atoms with van der Waals surface area (Å²) in [5.41, 5.74) is 0.923. The molecule has 3 aliphatic rings. The van der Waals surface area contributed by atoms with Crippen LogP contribution in [-0.4, -0.2) is 59.7 Å². The average molecular weight is 358 g/mol. The van der Waals surface area contributed by atoms with Crippen LogP contribution in [0, 0.1) is 5.92 Å². The molecular formula is C20H26N2O4. The summed E-state index contributed by atoms with van der Waals surface area (Å²) in [5.74, 6) is 0.213. The monoisotopic (exact) mass is 358 g/mol. The Balaban J connectivity index is 1.40. The number of likely N-dealkylation sites (tertiary alicyclic amines) is 1. The first-order chi connectivity index (χ1) is 12.6. The van der Waals surface area contributed by atoms with Crippen molar-refractivity contribution in [2.24, 2.45) is 5.92 Å². The lowest BCUT2D eigenvalue weighted by molar-refractivity contribution is -0.149. The quantitative estimate of drug-likeness (QED) is 0.774. The number of amides is 1. The summed E-state index contributed by atoms with van der Waals surface area (Å²) in [6.45, 7) is 4.79. The van der Waals surface area contributed by atoms with Crippen LogP contribution in [0.5, 0.6) is 0 Å². The Morgan fingerprint density at radius 1 is 1.23 bits per heavy atom. The van der Waals surface area contributed by atoms with Gasteiger partial charge in [0.15, 0.2) is 0 Å². The summed E-state index contributed by atoms with van der Waals surface area (Å²) < 4.78 is 10.8. The Morgan fingerprint density at radius 3 is 2.81 bits per heavy atom. The van der Waals surface area contributed by atoms with Gasteiger partial charge in [0.1, 0.15) is 12.6 Å². The van der Waals surface area contributed by atoms with Crippen LogP contribution in [0.3, 0.4) is 0 Å². The van der Waals surface area contributed by atoms with E-state index >= 15 is 0 Å². The topological polar surface area (TPSA) is 59.1 Å². The largest absolute Gasteiger partial charge is 0.465 e. The summed E-state index contributed by atoms with van der Waals surface area (Å²) in [7, 11) is 0. The van der Waals surface area contributed by atoms with Crippen molar-refractivity contribution in [3.05, 3.63) is 35.9 Å². The highest BCUT2D eigenvalue weighted by molar-refractivity contribution is 5.77. The fourth-order valence-corrected chi connectivity index (χ4v) is 5.06. The minimum absolute atomic E-state index is 0.0663. The molecule has 3 aliphatic heterocycles. The fraction of sp³-hybridized carbons (Fsp3) is 0.600. The molecule has 1 aromatic rings. The summed E-state index contributed by atoms with van der Waals surface area (Å²) in [6, 6.07) is 9.58. The van der Waals surface area contributed by atoms with Crippen LogP contribution in [0.4, 0.5) is 4.79 Å². The second-order valence-electron chi connectivity index (χ2n) is 7.52. The van der Waals surface area contributed by atoms with Gasteiger partial charge in [0.2, 0.25) is 0 Å². The molecule has 1 spiro atoms. The van der Waals surface area contributed by atoms with E-state index in [0.717, 1.165) is 31.4 Å². The minimum atomic E-state index is -0.253. The van der Waals surface area contributed by atoms with Crippen molar-refractivity contribution in [2.75, 3.05) is 26.2 Å². The number of hydrogen-bond acceptors (Lipinski definition) is 5. The first-order valence-corrected chi connectivity index (χ1v) is 9.53. The minimum Gasteiger partial charge on any atom is -0.465 e. The molecule has 3 atom stereocenters. The van der Waals surface area contributed by atoms with Gasteiger partial charge >= 0.3 is 12.1 Å². The fourth-order valence-electron chi connectivity index (χ4n) is 5.06. The van der Waals surface area contributed by atoms with Gasteiger partial charge in [0.25, 0.3) is 0 Å². The Hall–Kier alpha value is -2.08. The van der Waals surface area contributed by atoms with Crippen LogP contribution in [0.15, 0.2) is 30.3 Å². The molecule has 1 unspecified atom stereocenters. The average Bonchev–Trinajstić information content (AvgIpc) is 3.29. The third kappa shape index (κ3) is 2.86. The molecule has 3 saturated heterocycles. The van der Waals surface area contributed by atoms with Gasteiger partial charge in [-0.05, 0) is 44.2 Å². The van der Waals surface area contributed by atoms with E-state index in [1.54, 1.807) is 0 Å². The maximum Gasteiger partial charge on any atom is 0.410 e. The molecule has 0 aromatic heterocycles. The predicted octanol–water partition coefficient (Wildman–Crippen LogP) is 2.43. The van der Waals surface area contributed by atoms with Crippen molar-refractivity contribution in [2.45, 2.75) is 44.4 Å². The zero-order valence-corrected chi connectivity index (χ0v) is 15.2. The van der Waals surface area contributed by atoms with E-state index in [1.807, 2.05) is 42.2 Å². The zero-order valence-electron chi connectivity index (χ0n) is 15.2. The molecule has 3 fully saturated rings. The van der Waals surface area contributed by atoms with E-state index < -0.39 is 0 Å². The number of hydrogen-bond donors (Lipinski definition) is 0. The van der Waals surface area contributed by atoms with E-state index in [4.69, 9.17) is 9.47 Å². The number of rotatable bonds is 4. The maximum absolute atomic E-state index is 12.5. The van der Waals surface area contributed by atoms with Crippen molar-refractivity contribution in [1.29, 1.82) is 0 Å². The number of carbonyl (C=O) groups is 2. The Morgan fingerprint density at radius 2 is 2.04 bits per heavy atom. The van der Waals surface area contributed by atoms with Gasteiger partial charge < -0.3 is 14.4 Å². The van der Waals surface area contributed by atoms with E-state index in [0.29, 0.717) is 32.2 Å². The van der Waals surface area contributed by atoms with Crippen LogP contribution in [-0.2, 0) is 20.9 Å². The second-order valence-corrected chi connectivity index (χ2v) is 7.52. The van der Waals surface area contributed by atoms with Gasteiger partial charge in [-0.25, -0.2) is 4.79 Å². The summed E-state index contributed by atoms with van der Waals surface area (Å²) in [5, 5.41) is 0. The molecule has 0 aliphatic carbocycles. The lowest BCUT2D eigenvalue weighted by Crippen LogP contribution is -2.50. The first-order valence-electron chi connectivity index (χ1n) is 9.53. The Kier molecular flexibility index (Phi) is 4.61. The van der Waals surface area contributed by atoms with E-state index in [1.165, 1.54) is 0 Å². The molecule has 26 heavy (non-hydrogen) atoms. The molecule has 3 heterocycles. The molecule has 0 bridgehead atoms. The van der Waals surface area contributed by atoms with Gasteiger partial charge in [-0.15, -0.1) is 0 Å². The highest BCUT2D eigenvalue weighted by Gasteiger charge is 2.62. The summed E-state index contributed by atoms with van der Waals surface area (Å²) in [6.07, 6.45) is 2.63. The van der Waals surface area contributed by atoms with Crippen LogP contribution in [0.2, 0.25) is 0 Å². The molecule has 0 radical (unpaired) electrons. The van der Waals surface area contributed by atoms with E-state index in [9.17, 15) is 9.59 Å². The van der Waals surface area contributed by atoms with Crippen molar-refractivity contribution < 1.29 is 19.1 Å². The van der Waals surface area contributed by atoms with Gasteiger partial charge in [-0.3, -0.25) is 9.69 Å². The van der Waals surface area contributed by atoms with Gasteiger partial charge in [0, 0.05) is 18.6 Å². The van der Waals surface area contributed by atoms with Crippen LogP contribution < -0.4 is 0 Å². The molecule has 6 nitrogen and oxygen atoms in total. The Labute approximate surface area is 154 Å². The number of esters is 1. The zero-order chi connectivity index (χ0) is 18.1. The molecule has 0 saturated carbocycles. The first kappa shape index (κ1) is 17.3. The van der Waals surface area contributed by atoms with Crippen LogP contribution >= 0.6 is 0 Å². The molecular weight excluding hydrogens is 332 g/mol. The third-order valence-electron chi connectivity index (χ3n) is 6.15. The van der Waals surface area contributed by atoms with Gasteiger partial charge in [-0.1, -0.05) is 30.3 Å². The SMILES string of the molecule is CCOC(=O)[C@@H]1CC2CN(C(=O)OCc3ccccc3)C[C@]23CCCN13. The Bertz CT molecular complexity index is 680. The molecule has 6 heteroatoms. The molecule has 0 N–H and O–H groups in total. The lowest BCUT2D eigenvalue weighted by Gasteiger charge is -2.33. The van der Waals surface area contributed by atoms with Crippen LogP contribution in [0.1, 0.15) is 31.7 Å². The van der Waals surface area contributed by atoms with Crippen molar-refractivity contribution in [1.82, 2.24) is 9.80 Å². The van der Waals surface area contributed by atoms with E-state index in [-0.39, 0.29) is 23.6 Å². The van der Waals surface area contributed by atoms with Crippen LogP contribution in [0.25, 0.3) is 0 Å². The highest BCUT2D eigenvalue weighted by atomic mass is 16.6. The summed E-state index contributed by atoms with van der Waals surface area (Å²) in [4.78, 5) is 29.0. The predicted molar refractivity (Wildman–Crippen MR) is 95.4 cm³/mol. The molecule has 140 valence electrons. The second kappa shape index (κ2) is 6.91. The third-order valence-corrected chi connectivity index (χ3v) is 6.15. The molecule has 4 rings (SSSR count). The number of benzene rings is 1. The smallest absolute Gasteiger partial charge is 0.410 e. The highest BCUT2D eigenvalue weighted by Crippen LogP contribution is 2.50. The number of ether oxygens (including phenoxy) is 2.